The Kier molecular flexibility index (Phi) is 6.93. The highest BCUT2D eigenvalue weighted by Crippen LogP contribution is 2.31. The van der Waals surface area contributed by atoms with E-state index in [1.807, 2.05) is 86.6 Å². The summed E-state index contributed by atoms with van der Waals surface area (Å²) in [6.07, 6.45) is 1.80. The lowest BCUT2D eigenvalue weighted by molar-refractivity contribution is -0.0466. The van der Waals surface area contributed by atoms with Crippen molar-refractivity contribution in [2.75, 3.05) is 26.1 Å². The van der Waals surface area contributed by atoms with E-state index >= 15 is 0 Å². The molecule has 2 heterocycles. The zero-order valence-corrected chi connectivity index (χ0v) is 22.0. The van der Waals surface area contributed by atoms with Crippen LogP contribution in [-0.4, -0.2) is 41.1 Å². The smallest absolute Gasteiger partial charge is 0.179 e. The van der Waals surface area contributed by atoms with Crippen molar-refractivity contribution in [2.45, 2.75) is 19.6 Å². The molecular formula is C29H28ClN5O2. The van der Waals surface area contributed by atoms with Crippen molar-refractivity contribution in [3.8, 4) is 17.1 Å². The van der Waals surface area contributed by atoms with Gasteiger partial charge in [-0.3, -0.25) is 4.98 Å². The zero-order valence-electron chi connectivity index (χ0n) is 21.2. The Balaban J connectivity index is 1.84. The molecule has 1 N–H and O–H groups in total. The molecule has 0 saturated heterocycles. The fourth-order valence-electron chi connectivity index (χ4n) is 4.28. The molecule has 37 heavy (non-hydrogen) atoms. The topological polar surface area (TPSA) is 73.6 Å². The molecule has 1 aromatic heterocycles. The fraction of sp³-hybridized carbons (Fsp3) is 0.207. The van der Waals surface area contributed by atoms with Crippen LogP contribution < -0.4 is 10.7 Å². The molecule has 0 amide bonds. The van der Waals surface area contributed by atoms with Gasteiger partial charge in [-0.1, -0.05) is 29.8 Å². The van der Waals surface area contributed by atoms with E-state index in [0.717, 1.165) is 45.2 Å². The van der Waals surface area contributed by atoms with E-state index in [0.29, 0.717) is 10.4 Å². The number of rotatable bonds is 7. The van der Waals surface area contributed by atoms with E-state index in [-0.39, 0.29) is 6.61 Å². The van der Waals surface area contributed by atoms with Gasteiger partial charge in [0.15, 0.2) is 5.72 Å². The van der Waals surface area contributed by atoms with Crippen molar-refractivity contribution in [1.82, 2.24) is 14.5 Å². The second kappa shape index (κ2) is 10.3. The van der Waals surface area contributed by atoms with E-state index in [2.05, 4.69) is 14.9 Å². The van der Waals surface area contributed by atoms with Crippen LogP contribution in [0.5, 0.6) is 0 Å². The van der Waals surface area contributed by atoms with Crippen LogP contribution in [0.3, 0.4) is 0 Å². The van der Waals surface area contributed by atoms with Crippen LogP contribution in [0, 0.1) is 6.92 Å². The molecule has 0 bridgehead atoms. The van der Waals surface area contributed by atoms with E-state index in [4.69, 9.17) is 31.1 Å². The molecule has 1 aliphatic heterocycles. The molecule has 1 unspecified atom stereocenters. The lowest BCUT2D eigenvalue weighted by Gasteiger charge is -2.24. The fourth-order valence-corrected chi connectivity index (χ4v) is 4.47. The Bertz CT molecular complexity index is 1600. The average Bonchev–Trinajstić information content (AvgIpc) is 2.89. The molecule has 1 atom stereocenters. The monoisotopic (exact) mass is 513 g/mol. The largest absolute Gasteiger partial charge is 0.380 e. The maximum absolute atomic E-state index is 6.40. The van der Waals surface area contributed by atoms with Crippen LogP contribution in [-0.2, 0) is 9.47 Å². The highest BCUT2D eigenvalue weighted by molar-refractivity contribution is 6.30. The SMILES string of the molecule is COCC(C)(/N=c1\cc2n(-c3cccc(Cl)c3)c3ccccc3nc-2cc1Nc1ccc(C)nc1)OC. The van der Waals surface area contributed by atoms with Gasteiger partial charge in [-0.25, -0.2) is 9.98 Å². The predicted molar refractivity (Wildman–Crippen MR) is 148 cm³/mol. The number of anilines is 2. The molecule has 7 nitrogen and oxygen atoms in total. The number of benzene rings is 3. The van der Waals surface area contributed by atoms with E-state index in [9.17, 15) is 0 Å². The van der Waals surface area contributed by atoms with Gasteiger partial charge in [0.2, 0.25) is 0 Å². The van der Waals surface area contributed by atoms with Gasteiger partial charge in [-0.05, 0) is 68.4 Å². The van der Waals surface area contributed by atoms with Crippen LogP contribution in [0.15, 0.2) is 84.0 Å². The van der Waals surface area contributed by atoms with Crippen molar-refractivity contribution in [1.29, 1.82) is 0 Å². The highest BCUT2D eigenvalue weighted by Gasteiger charge is 2.23. The number of nitrogens with zero attached hydrogens (tertiary/aromatic N) is 4. The van der Waals surface area contributed by atoms with Crippen LogP contribution in [0.4, 0.5) is 11.4 Å². The summed E-state index contributed by atoms with van der Waals surface area (Å²) in [4.78, 5) is 14.4. The van der Waals surface area contributed by atoms with Gasteiger partial charge in [-0.15, -0.1) is 0 Å². The summed E-state index contributed by atoms with van der Waals surface area (Å²) in [5.41, 5.74) is 6.09. The van der Waals surface area contributed by atoms with Crippen molar-refractivity contribution >= 4 is 34.0 Å². The van der Waals surface area contributed by atoms with Gasteiger partial charge in [0.1, 0.15) is 0 Å². The number of para-hydroxylation sites is 2. The second-order valence-corrected chi connectivity index (χ2v) is 9.45. The van der Waals surface area contributed by atoms with Crippen LogP contribution >= 0.6 is 11.6 Å². The van der Waals surface area contributed by atoms with E-state index in [1.54, 1.807) is 20.4 Å². The molecule has 0 saturated carbocycles. The summed E-state index contributed by atoms with van der Waals surface area (Å²) in [5.74, 6) is 0. The number of nitrogens with one attached hydrogen (secondary N) is 1. The van der Waals surface area contributed by atoms with Gasteiger partial charge >= 0.3 is 0 Å². The van der Waals surface area contributed by atoms with Crippen molar-refractivity contribution in [2.24, 2.45) is 4.99 Å². The first kappa shape index (κ1) is 24.9. The predicted octanol–water partition coefficient (Wildman–Crippen LogP) is 6.14. The van der Waals surface area contributed by atoms with Crippen molar-refractivity contribution < 1.29 is 9.47 Å². The average molecular weight is 514 g/mol. The molecule has 2 aliphatic rings. The summed E-state index contributed by atoms with van der Waals surface area (Å²) < 4.78 is 13.3. The van der Waals surface area contributed by atoms with Crippen molar-refractivity contribution in [3.63, 3.8) is 0 Å². The minimum atomic E-state index is -0.893. The number of halogens is 1. The Morgan fingerprint density at radius 1 is 1.03 bits per heavy atom. The van der Waals surface area contributed by atoms with Crippen LogP contribution in [0.25, 0.3) is 28.1 Å². The third-order valence-electron chi connectivity index (χ3n) is 6.16. The Hall–Kier alpha value is -3.78. The zero-order chi connectivity index (χ0) is 26.0. The number of aromatic nitrogens is 3. The molecule has 0 spiro atoms. The van der Waals surface area contributed by atoms with Crippen LogP contribution in [0.1, 0.15) is 12.6 Å². The normalized spacial score (nSPS) is 13.7. The number of fused-ring (bicyclic) bond motifs is 2. The first-order valence-corrected chi connectivity index (χ1v) is 12.3. The standard InChI is InChI=1S/C29H28ClN5O2/c1-19-12-13-21(17-31-19)32-24-15-26-28(16-25(24)34-29(2,37-4)18-36-3)35(22-9-7-8-20(30)14-22)27-11-6-5-10-23(27)33-26/h5-17,32H,18H2,1-4H3/b34-25+. The number of hydrogen-bond donors (Lipinski definition) is 1. The third-order valence-corrected chi connectivity index (χ3v) is 6.40. The Morgan fingerprint density at radius 2 is 1.86 bits per heavy atom. The first-order chi connectivity index (χ1) is 17.9. The van der Waals surface area contributed by atoms with Crippen molar-refractivity contribution in [3.05, 3.63) is 95.1 Å². The van der Waals surface area contributed by atoms with Gasteiger partial charge in [0, 0.05) is 30.6 Å². The van der Waals surface area contributed by atoms with Gasteiger partial charge in [0.25, 0.3) is 0 Å². The number of pyridine rings is 1. The number of aryl methyl sites for hydroxylation is 1. The summed E-state index contributed by atoms with van der Waals surface area (Å²) in [6, 6.07) is 23.8. The van der Waals surface area contributed by atoms with E-state index < -0.39 is 5.72 Å². The third kappa shape index (κ3) is 5.20. The minimum Gasteiger partial charge on any atom is -0.380 e. The molecule has 2 aromatic carbocycles. The quantitative estimate of drug-likeness (QED) is 0.265. The van der Waals surface area contributed by atoms with Gasteiger partial charge < -0.3 is 19.4 Å². The summed E-state index contributed by atoms with van der Waals surface area (Å²) in [6.45, 7) is 4.14. The Morgan fingerprint density at radius 3 is 2.59 bits per heavy atom. The molecule has 5 rings (SSSR count). The molecule has 1 aliphatic carbocycles. The molecule has 188 valence electrons. The Labute approximate surface area is 220 Å². The summed E-state index contributed by atoms with van der Waals surface area (Å²) in [7, 11) is 3.26. The van der Waals surface area contributed by atoms with Gasteiger partial charge in [-0.2, -0.15) is 0 Å². The lowest BCUT2D eigenvalue weighted by Crippen LogP contribution is -2.33. The molecule has 0 radical (unpaired) electrons. The van der Waals surface area contributed by atoms with E-state index in [1.165, 1.54) is 0 Å². The molecular weight excluding hydrogens is 486 g/mol. The lowest BCUT2D eigenvalue weighted by atomic mass is 10.1. The molecule has 8 heteroatoms. The first-order valence-electron chi connectivity index (χ1n) is 11.9. The van der Waals surface area contributed by atoms with Gasteiger partial charge in [0.05, 0.1) is 52.0 Å². The number of methoxy groups -OCH3 is 2. The number of ether oxygens (including phenoxy) is 2. The maximum Gasteiger partial charge on any atom is 0.179 e. The molecule has 0 fully saturated rings. The van der Waals surface area contributed by atoms with Crippen LogP contribution in [0.2, 0.25) is 5.02 Å². The maximum atomic E-state index is 6.40. The highest BCUT2D eigenvalue weighted by atomic mass is 35.5. The second-order valence-electron chi connectivity index (χ2n) is 9.01. The summed E-state index contributed by atoms with van der Waals surface area (Å²) >= 11 is 6.40. The summed E-state index contributed by atoms with van der Waals surface area (Å²) in [5, 5.41) is 4.82. The minimum absolute atomic E-state index is 0.289. The molecule has 3 aromatic rings. The number of hydrogen-bond acceptors (Lipinski definition) is 6.